The third-order valence-electron chi connectivity index (χ3n) is 2.92. The quantitative estimate of drug-likeness (QED) is 0.716. The van der Waals surface area contributed by atoms with E-state index < -0.39 is 10.0 Å². The van der Waals surface area contributed by atoms with E-state index in [0.29, 0.717) is 23.9 Å². The van der Waals surface area contributed by atoms with Gasteiger partial charge in [0.2, 0.25) is 10.0 Å². The van der Waals surface area contributed by atoms with Crippen LogP contribution >= 0.6 is 0 Å². The van der Waals surface area contributed by atoms with Crippen LogP contribution in [-0.4, -0.2) is 21.5 Å². The summed E-state index contributed by atoms with van der Waals surface area (Å²) >= 11 is 0. The smallest absolute Gasteiger partial charge is 0.240 e. The first kappa shape index (κ1) is 16.1. The van der Waals surface area contributed by atoms with Gasteiger partial charge >= 0.3 is 0 Å². The van der Waals surface area contributed by atoms with Gasteiger partial charge in [0, 0.05) is 6.54 Å². The Morgan fingerprint density at radius 3 is 2.37 bits per heavy atom. The topological polar surface area (TPSA) is 72.2 Å². The summed E-state index contributed by atoms with van der Waals surface area (Å²) in [5, 5.41) is 0. The minimum Gasteiger partial charge on any atom is -0.330 e. The summed E-state index contributed by atoms with van der Waals surface area (Å²) in [4.78, 5) is 0.317. The maximum atomic E-state index is 12.0. The van der Waals surface area contributed by atoms with Crippen molar-refractivity contribution in [1.29, 1.82) is 0 Å². The number of benzene rings is 1. The van der Waals surface area contributed by atoms with Gasteiger partial charge in [0.05, 0.1) is 4.90 Å². The summed E-state index contributed by atoms with van der Waals surface area (Å²) in [5.41, 5.74) is 6.52. The van der Waals surface area contributed by atoms with Gasteiger partial charge in [-0.3, -0.25) is 0 Å². The Morgan fingerprint density at radius 2 is 1.84 bits per heavy atom. The van der Waals surface area contributed by atoms with Crippen LogP contribution < -0.4 is 10.5 Å². The zero-order valence-electron chi connectivity index (χ0n) is 11.7. The second-order valence-electron chi connectivity index (χ2n) is 5.12. The summed E-state index contributed by atoms with van der Waals surface area (Å²) < 4.78 is 26.7. The molecule has 0 saturated heterocycles. The van der Waals surface area contributed by atoms with Gasteiger partial charge in [0.1, 0.15) is 0 Å². The highest BCUT2D eigenvalue weighted by atomic mass is 32.2. The second-order valence-corrected chi connectivity index (χ2v) is 6.88. The fourth-order valence-corrected chi connectivity index (χ4v) is 2.88. The van der Waals surface area contributed by atoms with Crippen LogP contribution in [0.5, 0.6) is 0 Å². The van der Waals surface area contributed by atoms with Crippen LogP contribution in [0.15, 0.2) is 29.2 Å². The molecule has 0 aromatic heterocycles. The van der Waals surface area contributed by atoms with E-state index in [1.165, 1.54) is 0 Å². The molecule has 1 aromatic rings. The van der Waals surface area contributed by atoms with Crippen LogP contribution in [0.1, 0.15) is 32.3 Å². The molecule has 0 aliphatic heterocycles. The van der Waals surface area contributed by atoms with Crippen LogP contribution in [0.4, 0.5) is 0 Å². The number of sulfonamides is 1. The van der Waals surface area contributed by atoms with E-state index in [2.05, 4.69) is 18.6 Å². The molecule has 0 heterocycles. The van der Waals surface area contributed by atoms with E-state index in [-0.39, 0.29) is 0 Å². The molecule has 19 heavy (non-hydrogen) atoms. The van der Waals surface area contributed by atoms with Crippen molar-refractivity contribution in [1.82, 2.24) is 4.72 Å². The lowest BCUT2D eigenvalue weighted by molar-refractivity contribution is 0.540. The summed E-state index contributed by atoms with van der Waals surface area (Å²) in [6.07, 6.45) is 2.66. The van der Waals surface area contributed by atoms with Crippen LogP contribution in [0.2, 0.25) is 0 Å². The Balaban J connectivity index is 2.56. The lowest BCUT2D eigenvalue weighted by atomic mass is 10.1. The molecule has 5 heteroatoms. The molecule has 0 aliphatic carbocycles. The van der Waals surface area contributed by atoms with Gasteiger partial charge < -0.3 is 5.73 Å². The average molecular weight is 284 g/mol. The van der Waals surface area contributed by atoms with Crippen LogP contribution in [-0.2, 0) is 16.4 Å². The second kappa shape index (κ2) is 7.62. The van der Waals surface area contributed by atoms with Crippen molar-refractivity contribution in [3.05, 3.63) is 29.8 Å². The minimum atomic E-state index is -3.37. The monoisotopic (exact) mass is 284 g/mol. The molecule has 0 spiro atoms. The summed E-state index contributed by atoms with van der Waals surface area (Å²) in [6, 6.07) is 6.90. The Morgan fingerprint density at radius 1 is 1.21 bits per heavy atom. The van der Waals surface area contributed by atoms with Gasteiger partial charge in [0.15, 0.2) is 0 Å². The highest BCUT2D eigenvalue weighted by Crippen LogP contribution is 2.11. The van der Waals surface area contributed by atoms with Crippen LogP contribution in [0.3, 0.4) is 0 Å². The molecule has 0 amide bonds. The third kappa shape index (κ3) is 5.72. The van der Waals surface area contributed by atoms with Crippen molar-refractivity contribution in [2.75, 3.05) is 13.1 Å². The molecular weight excluding hydrogens is 260 g/mol. The Kier molecular flexibility index (Phi) is 6.48. The predicted octanol–water partition coefficient (Wildman–Crippen LogP) is 1.90. The van der Waals surface area contributed by atoms with E-state index >= 15 is 0 Å². The number of nitrogens with two attached hydrogens (primary N) is 1. The predicted molar refractivity (Wildman–Crippen MR) is 78.5 cm³/mol. The van der Waals surface area contributed by atoms with E-state index in [9.17, 15) is 8.42 Å². The van der Waals surface area contributed by atoms with E-state index in [0.717, 1.165) is 24.8 Å². The van der Waals surface area contributed by atoms with Gasteiger partial charge in [-0.05, 0) is 49.4 Å². The molecule has 1 rings (SSSR count). The van der Waals surface area contributed by atoms with Gasteiger partial charge in [0.25, 0.3) is 0 Å². The summed E-state index contributed by atoms with van der Waals surface area (Å²) in [5.74, 6) is 0.597. The molecule has 108 valence electrons. The largest absolute Gasteiger partial charge is 0.330 e. The van der Waals surface area contributed by atoms with Crippen molar-refractivity contribution >= 4 is 10.0 Å². The van der Waals surface area contributed by atoms with Crippen molar-refractivity contribution in [2.24, 2.45) is 11.7 Å². The molecular formula is C14H24N2O2S. The van der Waals surface area contributed by atoms with Crippen molar-refractivity contribution in [3.8, 4) is 0 Å². The SMILES string of the molecule is CC(C)CCCNS(=O)(=O)c1ccc(CCN)cc1. The molecule has 0 saturated carbocycles. The molecule has 0 aliphatic rings. The highest BCUT2D eigenvalue weighted by Gasteiger charge is 2.12. The van der Waals surface area contributed by atoms with E-state index in [1.54, 1.807) is 12.1 Å². The van der Waals surface area contributed by atoms with Crippen molar-refractivity contribution in [3.63, 3.8) is 0 Å². The first-order valence-electron chi connectivity index (χ1n) is 6.74. The zero-order chi connectivity index (χ0) is 14.3. The highest BCUT2D eigenvalue weighted by molar-refractivity contribution is 7.89. The molecule has 0 unspecified atom stereocenters. The van der Waals surface area contributed by atoms with Crippen LogP contribution in [0, 0.1) is 5.92 Å². The van der Waals surface area contributed by atoms with E-state index in [4.69, 9.17) is 5.73 Å². The first-order chi connectivity index (χ1) is 8.95. The lowest BCUT2D eigenvalue weighted by Crippen LogP contribution is -2.25. The fraction of sp³-hybridized carbons (Fsp3) is 0.571. The molecule has 0 fully saturated rings. The number of hydrogen-bond acceptors (Lipinski definition) is 3. The van der Waals surface area contributed by atoms with Crippen molar-refractivity contribution in [2.45, 2.75) is 38.0 Å². The minimum absolute atomic E-state index is 0.317. The molecule has 0 radical (unpaired) electrons. The van der Waals surface area contributed by atoms with E-state index in [1.807, 2.05) is 12.1 Å². The normalized spacial score (nSPS) is 12.0. The maximum Gasteiger partial charge on any atom is 0.240 e. The van der Waals surface area contributed by atoms with Gasteiger partial charge in [-0.15, -0.1) is 0 Å². The zero-order valence-corrected chi connectivity index (χ0v) is 12.5. The summed E-state index contributed by atoms with van der Waals surface area (Å²) in [7, 11) is -3.37. The molecule has 0 atom stereocenters. The number of rotatable bonds is 8. The van der Waals surface area contributed by atoms with Gasteiger partial charge in [-0.1, -0.05) is 26.0 Å². The standard InChI is InChI=1S/C14H24N2O2S/c1-12(2)4-3-11-16-19(17,18)14-7-5-13(6-8-14)9-10-15/h5-8,12,16H,3-4,9-11,15H2,1-2H3. The fourth-order valence-electron chi connectivity index (χ4n) is 1.80. The van der Waals surface area contributed by atoms with Crippen LogP contribution in [0.25, 0.3) is 0 Å². The molecule has 3 N–H and O–H groups in total. The Bertz CT molecular complexity index is 467. The van der Waals surface area contributed by atoms with Gasteiger partial charge in [-0.25, -0.2) is 13.1 Å². The van der Waals surface area contributed by atoms with Crippen molar-refractivity contribution < 1.29 is 8.42 Å². The average Bonchev–Trinajstić information content (AvgIpc) is 2.36. The lowest BCUT2D eigenvalue weighted by Gasteiger charge is -2.08. The number of nitrogens with one attached hydrogen (secondary N) is 1. The molecule has 1 aromatic carbocycles. The summed E-state index contributed by atoms with van der Waals surface area (Å²) in [6.45, 7) is 5.32. The van der Waals surface area contributed by atoms with Gasteiger partial charge in [-0.2, -0.15) is 0 Å². The third-order valence-corrected chi connectivity index (χ3v) is 4.39. The molecule has 0 bridgehead atoms. The maximum absolute atomic E-state index is 12.0. The first-order valence-corrected chi connectivity index (χ1v) is 8.22. The Labute approximate surface area is 116 Å². The molecule has 4 nitrogen and oxygen atoms in total. The number of hydrogen-bond donors (Lipinski definition) is 2. The Hall–Kier alpha value is -0.910.